The molecule has 1 amide bonds. The average Bonchev–Trinajstić information content (AvgIpc) is 2.47. The second kappa shape index (κ2) is 7.38. The molecule has 2 aromatic rings. The molecule has 2 rings (SSSR count). The van der Waals surface area contributed by atoms with Gasteiger partial charge in [0.25, 0.3) is 0 Å². The molecule has 0 saturated carbocycles. The van der Waals surface area contributed by atoms with Gasteiger partial charge in [0.2, 0.25) is 5.91 Å². The SMILES string of the molecule is CCCC(=O)C(N)(Cc1ccc2ccccc2c1)C(N)=O.Cl. The highest BCUT2D eigenvalue weighted by Gasteiger charge is 2.39. The molecule has 2 aromatic carbocycles. The number of amides is 1. The molecule has 0 radical (unpaired) electrons. The van der Waals surface area contributed by atoms with E-state index >= 15 is 0 Å². The molecule has 0 aliphatic heterocycles. The van der Waals surface area contributed by atoms with E-state index < -0.39 is 11.4 Å². The normalized spacial score (nSPS) is 13.2. The smallest absolute Gasteiger partial charge is 0.245 e. The quantitative estimate of drug-likeness (QED) is 0.801. The third kappa shape index (κ3) is 3.64. The van der Waals surface area contributed by atoms with E-state index in [9.17, 15) is 9.59 Å². The highest BCUT2D eigenvalue weighted by atomic mass is 35.5. The number of halogens is 1. The Morgan fingerprint density at radius 3 is 2.32 bits per heavy atom. The van der Waals surface area contributed by atoms with Gasteiger partial charge in [0.1, 0.15) is 0 Å². The Morgan fingerprint density at radius 1 is 1.09 bits per heavy atom. The van der Waals surface area contributed by atoms with Crippen molar-refractivity contribution in [2.75, 3.05) is 0 Å². The van der Waals surface area contributed by atoms with Crippen molar-refractivity contribution in [3.05, 3.63) is 48.0 Å². The predicted molar refractivity (Wildman–Crippen MR) is 90.9 cm³/mol. The number of primary amides is 1. The number of carbonyl (C=O) groups is 2. The monoisotopic (exact) mass is 320 g/mol. The molecule has 0 aromatic heterocycles. The van der Waals surface area contributed by atoms with Crippen molar-refractivity contribution in [2.45, 2.75) is 31.7 Å². The molecule has 4 N–H and O–H groups in total. The maximum atomic E-state index is 12.1. The van der Waals surface area contributed by atoms with Crippen molar-refractivity contribution < 1.29 is 9.59 Å². The summed E-state index contributed by atoms with van der Waals surface area (Å²) in [6.45, 7) is 1.87. The van der Waals surface area contributed by atoms with Crippen LogP contribution in [0.1, 0.15) is 25.3 Å². The van der Waals surface area contributed by atoms with Gasteiger partial charge in [-0.2, -0.15) is 0 Å². The highest BCUT2D eigenvalue weighted by molar-refractivity contribution is 6.10. The van der Waals surface area contributed by atoms with Crippen LogP contribution in [0.2, 0.25) is 0 Å². The van der Waals surface area contributed by atoms with Crippen LogP contribution in [0.15, 0.2) is 42.5 Å². The fourth-order valence-electron chi connectivity index (χ4n) is 2.44. The molecule has 22 heavy (non-hydrogen) atoms. The number of nitrogens with two attached hydrogens (primary N) is 2. The minimum Gasteiger partial charge on any atom is -0.368 e. The molecule has 0 bridgehead atoms. The van der Waals surface area contributed by atoms with Crippen molar-refractivity contribution in [2.24, 2.45) is 11.5 Å². The molecule has 0 fully saturated rings. The fraction of sp³-hybridized carbons (Fsp3) is 0.294. The van der Waals surface area contributed by atoms with E-state index in [2.05, 4.69) is 0 Å². The molecule has 118 valence electrons. The zero-order chi connectivity index (χ0) is 15.5. The van der Waals surface area contributed by atoms with E-state index in [-0.39, 0.29) is 31.0 Å². The first-order chi connectivity index (χ1) is 9.97. The lowest BCUT2D eigenvalue weighted by atomic mass is 9.84. The molecule has 0 aliphatic rings. The van der Waals surface area contributed by atoms with Gasteiger partial charge in [-0.15, -0.1) is 12.4 Å². The largest absolute Gasteiger partial charge is 0.368 e. The van der Waals surface area contributed by atoms with Crippen LogP contribution in [0.25, 0.3) is 10.8 Å². The first-order valence-corrected chi connectivity index (χ1v) is 7.07. The second-order valence-electron chi connectivity index (χ2n) is 5.37. The van der Waals surface area contributed by atoms with Gasteiger partial charge in [-0.3, -0.25) is 9.59 Å². The Bertz CT molecular complexity index is 687. The van der Waals surface area contributed by atoms with Gasteiger partial charge in [0.05, 0.1) is 0 Å². The second-order valence-corrected chi connectivity index (χ2v) is 5.37. The third-order valence-electron chi connectivity index (χ3n) is 3.71. The van der Waals surface area contributed by atoms with Gasteiger partial charge < -0.3 is 11.5 Å². The van der Waals surface area contributed by atoms with Crippen LogP contribution in [-0.2, 0) is 16.0 Å². The zero-order valence-electron chi connectivity index (χ0n) is 12.5. The topological polar surface area (TPSA) is 86.2 Å². The molecule has 1 unspecified atom stereocenters. The predicted octanol–water partition coefficient (Wildman–Crippen LogP) is 2.36. The summed E-state index contributed by atoms with van der Waals surface area (Å²) in [6.07, 6.45) is 1.03. The minimum absolute atomic E-state index is 0. The van der Waals surface area contributed by atoms with Crippen LogP contribution in [0, 0.1) is 0 Å². The molecular weight excluding hydrogens is 300 g/mol. The average molecular weight is 321 g/mol. The Balaban J connectivity index is 0.00000242. The van der Waals surface area contributed by atoms with Crippen LogP contribution in [0.5, 0.6) is 0 Å². The van der Waals surface area contributed by atoms with E-state index in [1.807, 2.05) is 49.4 Å². The van der Waals surface area contributed by atoms with Gasteiger partial charge in [-0.1, -0.05) is 49.4 Å². The van der Waals surface area contributed by atoms with Gasteiger partial charge in [-0.25, -0.2) is 0 Å². The number of ketones is 1. The molecule has 0 aliphatic carbocycles. The maximum absolute atomic E-state index is 12.1. The van der Waals surface area contributed by atoms with Crippen molar-refractivity contribution in [1.82, 2.24) is 0 Å². The number of Topliss-reactive ketones (excluding diaryl/α,β-unsaturated/α-hetero) is 1. The Labute approximate surface area is 136 Å². The lowest BCUT2D eigenvalue weighted by molar-refractivity contribution is -0.134. The van der Waals surface area contributed by atoms with Crippen molar-refractivity contribution in [3.63, 3.8) is 0 Å². The molecule has 1 atom stereocenters. The summed E-state index contributed by atoms with van der Waals surface area (Å²) in [5, 5.41) is 2.15. The Hall–Kier alpha value is -1.91. The van der Waals surface area contributed by atoms with Gasteiger partial charge in [0, 0.05) is 12.8 Å². The lowest BCUT2D eigenvalue weighted by Crippen LogP contribution is -2.59. The number of hydrogen-bond donors (Lipinski definition) is 2. The molecular formula is C17H21ClN2O2. The number of benzene rings is 2. The van der Waals surface area contributed by atoms with Crippen LogP contribution in [0.4, 0.5) is 0 Å². The third-order valence-corrected chi connectivity index (χ3v) is 3.71. The standard InChI is InChI=1S/C17H20N2O2.ClH/c1-2-5-15(20)17(19,16(18)21)11-12-8-9-13-6-3-4-7-14(13)10-12;/h3-4,6-10H,2,5,11,19H2,1H3,(H2,18,21);1H. The summed E-state index contributed by atoms with van der Waals surface area (Å²) in [5.41, 5.74) is 10.6. The van der Waals surface area contributed by atoms with E-state index in [0.717, 1.165) is 16.3 Å². The Kier molecular flexibility index (Phi) is 6.09. The summed E-state index contributed by atoms with van der Waals surface area (Å²) in [7, 11) is 0. The minimum atomic E-state index is -1.63. The molecule has 5 heteroatoms. The summed E-state index contributed by atoms with van der Waals surface area (Å²) in [6, 6.07) is 13.7. The van der Waals surface area contributed by atoms with Gasteiger partial charge in [-0.05, 0) is 22.8 Å². The Morgan fingerprint density at radius 2 is 1.73 bits per heavy atom. The summed E-state index contributed by atoms with van der Waals surface area (Å²) in [5.74, 6) is -1.07. The zero-order valence-corrected chi connectivity index (χ0v) is 13.4. The first kappa shape index (κ1) is 18.1. The molecule has 4 nitrogen and oxygen atoms in total. The van der Waals surface area contributed by atoms with Gasteiger partial charge >= 0.3 is 0 Å². The fourth-order valence-corrected chi connectivity index (χ4v) is 2.44. The number of rotatable bonds is 6. The highest BCUT2D eigenvalue weighted by Crippen LogP contribution is 2.20. The van der Waals surface area contributed by atoms with E-state index in [1.165, 1.54) is 0 Å². The van der Waals surface area contributed by atoms with Gasteiger partial charge in [0.15, 0.2) is 11.3 Å². The molecule has 0 spiro atoms. The van der Waals surface area contributed by atoms with Crippen molar-refractivity contribution >= 4 is 34.9 Å². The number of carbonyl (C=O) groups excluding carboxylic acids is 2. The molecule has 0 saturated heterocycles. The van der Waals surface area contributed by atoms with Crippen molar-refractivity contribution in [1.29, 1.82) is 0 Å². The first-order valence-electron chi connectivity index (χ1n) is 7.07. The van der Waals surface area contributed by atoms with E-state index in [4.69, 9.17) is 11.5 Å². The van der Waals surface area contributed by atoms with Crippen LogP contribution in [-0.4, -0.2) is 17.2 Å². The van der Waals surface area contributed by atoms with E-state index in [0.29, 0.717) is 6.42 Å². The number of fused-ring (bicyclic) bond motifs is 1. The molecule has 0 heterocycles. The summed E-state index contributed by atoms with van der Waals surface area (Å²) >= 11 is 0. The van der Waals surface area contributed by atoms with E-state index in [1.54, 1.807) is 0 Å². The lowest BCUT2D eigenvalue weighted by Gasteiger charge is -2.24. The van der Waals surface area contributed by atoms with Crippen LogP contribution in [0.3, 0.4) is 0 Å². The summed E-state index contributed by atoms with van der Waals surface area (Å²) < 4.78 is 0. The number of hydrogen-bond acceptors (Lipinski definition) is 3. The van der Waals surface area contributed by atoms with Crippen molar-refractivity contribution in [3.8, 4) is 0 Å². The van der Waals surface area contributed by atoms with Crippen LogP contribution >= 0.6 is 12.4 Å². The summed E-state index contributed by atoms with van der Waals surface area (Å²) in [4.78, 5) is 23.8. The maximum Gasteiger partial charge on any atom is 0.245 e. The van der Waals surface area contributed by atoms with Crippen LogP contribution < -0.4 is 11.5 Å².